The zero-order valence-corrected chi connectivity index (χ0v) is 19.8. The maximum atomic E-state index is 10.4. The molecular formula is C26H36O2Si. The minimum atomic E-state index is -2.53. The van der Waals surface area contributed by atoms with E-state index in [9.17, 15) is 5.11 Å². The summed E-state index contributed by atoms with van der Waals surface area (Å²) in [6, 6.07) is 21.3. The van der Waals surface area contributed by atoms with Gasteiger partial charge in [-0.25, -0.2) is 0 Å². The third-order valence-electron chi connectivity index (χ3n) is 5.40. The molecule has 2 aromatic carbocycles. The van der Waals surface area contributed by atoms with Crippen LogP contribution in [-0.2, 0) is 4.43 Å². The van der Waals surface area contributed by atoms with E-state index in [1.54, 1.807) is 0 Å². The Kier molecular flexibility index (Phi) is 8.20. The molecule has 1 unspecified atom stereocenters. The lowest BCUT2D eigenvalue weighted by molar-refractivity contribution is 0.212. The Morgan fingerprint density at radius 1 is 0.897 bits per heavy atom. The third kappa shape index (κ3) is 5.78. The van der Waals surface area contributed by atoms with Crippen LogP contribution >= 0.6 is 0 Å². The van der Waals surface area contributed by atoms with Crippen LogP contribution in [0.25, 0.3) is 0 Å². The van der Waals surface area contributed by atoms with Gasteiger partial charge in [0.2, 0.25) is 0 Å². The van der Waals surface area contributed by atoms with Crippen LogP contribution in [0.2, 0.25) is 5.04 Å². The molecule has 1 N–H and O–H groups in total. The number of hydrogen-bond donors (Lipinski definition) is 1. The Morgan fingerprint density at radius 2 is 1.38 bits per heavy atom. The zero-order chi connectivity index (χ0) is 21.5. The first-order chi connectivity index (χ1) is 13.7. The average molecular weight is 409 g/mol. The van der Waals surface area contributed by atoms with Crippen molar-refractivity contribution in [1.29, 1.82) is 0 Å². The van der Waals surface area contributed by atoms with Crippen LogP contribution in [0.5, 0.6) is 0 Å². The van der Waals surface area contributed by atoms with Gasteiger partial charge in [0.25, 0.3) is 8.32 Å². The summed E-state index contributed by atoms with van der Waals surface area (Å²) in [5.41, 5.74) is 2.18. The van der Waals surface area contributed by atoms with Gasteiger partial charge in [-0.3, -0.25) is 0 Å². The van der Waals surface area contributed by atoms with E-state index >= 15 is 0 Å². The fraction of sp³-hybridized carbons (Fsp3) is 0.385. The molecule has 0 aliphatic carbocycles. The Hall–Kier alpha value is -1.94. The number of rotatable bonds is 8. The molecule has 0 bridgehead atoms. The topological polar surface area (TPSA) is 29.5 Å². The number of hydrogen-bond acceptors (Lipinski definition) is 2. The lowest BCUT2D eigenvalue weighted by Gasteiger charge is -2.42. The smallest absolute Gasteiger partial charge is 0.261 e. The predicted octanol–water partition coefficient (Wildman–Crippen LogP) is 5.23. The van der Waals surface area contributed by atoms with Crippen molar-refractivity contribution in [3.63, 3.8) is 0 Å². The van der Waals surface area contributed by atoms with Crippen LogP contribution in [0.4, 0.5) is 0 Å². The van der Waals surface area contributed by atoms with Crippen molar-refractivity contribution in [3.05, 3.63) is 84.0 Å². The van der Waals surface area contributed by atoms with Gasteiger partial charge < -0.3 is 9.53 Å². The van der Waals surface area contributed by atoms with E-state index < -0.39 is 14.4 Å². The molecule has 0 spiro atoms. The molecule has 2 nitrogen and oxygen atoms in total. The lowest BCUT2D eigenvalue weighted by Crippen LogP contribution is -2.66. The normalized spacial score (nSPS) is 13.8. The lowest BCUT2D eigenvalue weighted by atomic mass is 10.1. The van der Waals surface area contributed by atoms with E-state index in [2.05, 4.69) is 101 Å². The SMILES string of the molecule is CC(C)=CCC(O)/C(C)=C/CO[Si](c1ccccc1)(c1ccccc1)C(C)(C)C. The Bertz CT molecular complexity index is 773. The molecule has 0 radical (unpaired) electrons. The highest BCUT2D eigenvalue weighted by Crippen LogP contribution is 2.36. The van der Waals surface area contributed by atoms with Crippen molar-refractivity contribution in [1.82, 2.24) is 0 Å². The highest BCUT2D eigenvalue weighted by molar-refractivity contribution is 6.99. The second-order valence-electron chi connectivity index (χ2n) is 8.96. The summed E-state index contributed by atoms with van der Waals surface area (Å²) < 4.78 is 6.85. The predicted molar refractivity (Wildman–Crippen MR) is 127 cm³/mol. The summed E-state index contributed by atoms with van der Waals surface area (Å²) in [5, 5.41) is 12.9. The number of allylic oxidation sites excluding steroid dienone is 1. The molecule has 0 amide bonds. The highest BCUT2D eigenvalue weighted by atomic mass is 28.4. The fourth-order valence-corrected chi connectivity index (χ4v) is 8.22. The summed E-state index contributed by atoms with van der Waals surface area (Å²) in [5.74, 6) is 0. The molecule has 2 rings (SSSR count). The number of benzene rings is 2. The van der Waals surface area contributed by atoms with E-state index in [4.69, 9.17) is 4.43 Å². The molecule has 1 atom stereocenters. The molecule has 0 fully saturated rings. The van der Waals surface area contributed by atoms with E-state index in [0.29, 0.717) is 13.0 Å². The van der Waals surface area contributed by atoms with Crippen LogP contribution in [0, 0.1) is 0 Å². The molecule has 3 heteroatoms. The molecular weight excluding hydrogens is 372 g/mol. The molecule has 0 aliphatic heterocycles. The van der Waals surface area contributed by atoms with E-state index in [1.165, 1.54) is 15.9 Å². The van der Waals surface area contributed by atoms with Crippen LogP contribution < -0.4 is 10.4 Å². The van der Waals surface area contributed by atoms with Gasteiger partial charge >= 0.3 is 0 Å². The second kappa shape index (κ2) is 10.2. The highest BCUT2D eigenvalue weighted by Gasteiger charge is 2.49. The van der Waals surface area contributed by atoms with Gasteiger partial charge in [-0.1, -0.05) is 99.2 Å². The molecule has 2 aromatic rings. The van der Waals surface area contributed by atoms with E-state index in [1.807, 2.05) is 13.0 Å². The summed E-state index contributed by atoms with van der Waals surface area (Å²) in [6.45, 7) is 13.4. The van der Waals surface area contributed by atoms with Crippen LogP contribution in [0.15, 0.2) is 84.0 Å². The van der Waals surface area contributed by atoms with Gasteiger partial charge in [0.05, 0.1) is 12.7 Å². The van der Waals surface area contributed by atoms with Gasteiger partial charge in [-0.2, -0.15) is 0 Å². The molecule has 0 aromatic heterocycles. The maximum Gasteiger partial charge on any atom is 0.261 e. The molecule has 0 heterocycles. The van der Waals surface area contributed by atoms with Crippen molar-refractivity contribution < 1.29 is 9.53 Å². The molecule has 0 aliphatic rings. The summed E-state index contributed by atoms with van der Waals surface area (Å²) in [4.78, 5) is 0. The van der Waals surface area contributed by atoms with Gasteiger partial charge in [0.15, 0.2) is 0 Å². The van der Waals surface area contributed by atoms with Crippen LogP contribution in [0.3, 0.4) is 0 Å². The number of aliphatic hydroxyl groups is 1. The van der Waals surface area contributed by atoms with E-state index in [0.717, 1.165) is 5.57 Å². The quantitative estimate of drug-likeness (QED) is 0.479. The van der Waals surface area contributed by atoms with Crippen molar-refractivity contribution in [2.24, 2.45) is 0 Å². The summed E-state index contributed by atoms with van der Waals surface area (Å²) in [7, 11) is -2.53. The standard InChI is InChI=1S/C26H36O2Si/c1-21(2)17-18-25(27)22(3)19-20-28-29(26(4,5)6,23-13-9-7-10-14-23)24-15-11-8-12-16-24/h7-17,19,25,27H,18,20H2,1-6H3/b22-19+. The minimum Gasteiger partial charge on any atom is -0.404 e. The van der Waals surface area contributed by atoms with E-state index in [-0.39, 0.29) is 5.04 Å². The monoisotopic (exact) mass is 408 g/mol. The largest absolute Gasteiger partial charge is 0.404 e. The molecule has 0 saturated carbocycles. The summed E-state index contributed by atoms with van der Waals surface area (Å²) >= 11 is 0. The van der Waals surface area contributed by atoms with Gasteiger partial charge in [-0.15, -0.1) is 0 Å². The van der Waals surface area contributed by atoms with Crippen molar-refractivity contribution in [2.75, 3.05) is 6.61 Å². The number of aliphatic hydroxyl groups excluding tert-OH is 1. The first-order valence-electron chi connectivity index (χ1n) is 10.4. The minimum absolute atomic E-state index is 0.0435. The summed E-state index contributed by atoms with van der Waals surface area (Å²) in [6.07, 6.45) is 4.30. The Morgan fingerprint density at radius 3 is 1.79 bits per heavy atom. The third-order valence-corrected chi connectivity index (χ3v) is 10.4. The van der Waals surface area contributed by atoms with Crippen molar-refractivity contribution in [2.45, 2.75) is 59.1 Å². The molecule has 156 valence electrons. The first kappa shape index (κ1) is 23.3. The molecule has 29 heavy (non-hydrogen) atoms. The Labute approximate surface area is 178 Å². The zero-order valence-electron chi connectivity index (χ0n) is 18.8. The van der Waals surface area contributed by atoms with Gasteiger partial charge in [0.1, 0.15) is 0 Å². The fourth-order valence-electron chi connectivity index (χ4n) is 3.73. The average Bonchev–Trinajstić information content (AvgIpc) is 2.69. The Balaban J connectivity index is 2.39. The second-order valence-corrected chi connectivity index (χ2v) is 13.3. The molecule has 0 saturated heterocycles. The van der Waals surface area contributed by atoms with Crippen LogP contribution in [0.1, 0.15) is 48.0 Å². The van der Waals surface area contributed by atoms with Crippen molar-refractivity contribution >= 4 is 18.7 Å². The maximum absolute atomic E-state index is 10.4. The van der Waals surface area contributed by atoms with Gasteiger partial charge in [-0.05, 0) is 48.2 Å². The first-order valence-corrected chi connectivity index (χ1v) is 12.3. The van der Waals surface area contributed by atoms with Crippen molar-refractivity contribution in [3.8, 4) is 0 Å². The van der Waals surface area contributed by atoms with Gasteiger partial charge in [0, 0.05) is 0 Å². The van der Waals surface area contributed by atoms with Crippen LogP contribution in [-0.4, -0.2) is 26.1 Å².